The predicted octanol–water partition coefficient (Wildman–Crippen LogP) is 3.24. The second-order valence-corrected chi connectivity index (χ2v) is 4.37. The number of Topliss-reactive ketones (excluding diaryl/α,β-unsaturated/α-hetero) is 1. The lowest BCUT2D eigenvalue weighted by Crippen LogP contribution is -2.20. The fourth-order valence-electron chi connectivity index (χ4n) is 1.38. The number of hydrogen-bond donors (Lipinski definition) is 0. The molecule has 90 valence electrons. The number of esters is 1. The third kappa shape index (κ3) is 2.84. The summed E-state index contributed by atoms with van der Waals surface area (Å²) in [4.78, 5) is 23.4. The monoisotopic (exact) mass is 304 g/mol. The molecule has 0 bridgehead atoms. The molecule has 0 atom stereocenters. The summed E-state index contributed by atoms with van der Waals surface area (Å²) in [7, 11) is 0. The topological polar surface area (TPSA) is 43.4 Å². The first kappa shape index (κ1) is 12.5. The minimum atomic E-state index is -0.895. The van der Waals surface area contributed by atoms with Crippen LogP contribution in [0.15, 0.2) is 59.1 Å². The molecule has 0 saturated heterocycles. The molecule has 0 aromatic heterocycles. The summed E-state index contributed by atoms with van der Waals surface area (Å²) < 4.78 is 5.65. The number of rotatable bonds is 3. The summed E-state index contributed by atoms with van der Waals surface area (Å²) in [5.41, 5.74) is 0.314. The Kier molecular flexibility index (Phi) is 3.89. The Hall–Kier alpha value is -1.94. The lowest BCUT2D eigenvalue weighted by atomic mass is 10.1. The van der Waals surface area contributed by atoms with Gasteiger partial charge in [-0.05, 0) is 28.1 Å². The molecule has 4 heteroatoms. The molecule has 2 aromatic carbocycles. The van der Waals surface area contributed by atoms with E-state index in [-0.39, 0.29) is 0 Å². The van der Waals surface area contributed by atoms with Crippen LogP contribution in [-0.2, 0) is 4.79 Å². The van der Waals surface area contributed by atoms with Gasteiger partial charge >= 0.3 is 5.97 Å². The normalized spacial score (nSPS) is 9.83. The smallest absolute Gasteiger partial charge is 0.385 e. The van der Waals surface area contributed by atoms with Crippen molar-refractivity contribution in [1.29, 1.82) is 0 Å². The maximum absolute atomic E-state index is 11.8. The number of ketones is 1. The van der Waals surface area contributed by atoms with Crippen molar-refractivity contribution >= 4 is 27.7 Å². The zero-order chi connectivity index (χ0) is 13.0. The van der Waals surface area contributed by atoms with Crippen LogP contribution < -0.4 is 4.74 Å². The number of benzene rings is 2. The third-order valence-corrected chi connectivity index (χ3v) is 2.92. The van der Waals surface area contributed by atoms with E-state index in [4.69, 9.17) is 4.74 Å². The van der Waals surface area contributed by atoms with Crippen LogP contribution in [0.4, 0.5) is 0 Å². The summed E-state index contributed by atoms with van der Waals surface area (Å²) in [5.74, 6) is -1.23. The first-order valence-corrected chi connectivity index (χ1v) is 6.04. The van der Waals surface area contributed by atoms with Gasteiger partial charge in [-0.25, -0.2) is 4.79 Å². The molecule has 3 nitrogen and oxygen atoms in total. The van der Waals surface area contributed by atoms with Crippen LogP contribution in [0, 0.1) is 0 Å². The zero-order valence-electron chi connectivity index (χ0n) is 9.30. The van der Waals surface area contributed by atoms with E-state index in [2.05, 4.69) is 15.9 Å². The Morgan fingerprint density at radius 2 is 1.50 bits per heavy atom. The summed E-state index contributed by atoms with van der Waals surface area (Å²) in [6.45, 7) is 0. The van der Waals surface area contributed by atoms with Gasteiger partial charge in [-0.1, -0.05) is 42.5 Å². The molecule has 2 aromatic rings. The van der Waals surface area contributed by atoms with Crippen LogP contribution in [-0.4, -0.2) is 11.8 Å². The molecule has 0 aliphatic heterocycles. The summed E-state index contributed by atoms with van der Waals surface area (Å²) in [6, 6.07) is 15.2. The van der Waals surface area contributed by atoms with Gasteiger partial charge in [0, 0.05) is 5.56 Å². The Labute approximate surface area is 113 Å². The van der Waals surface area contributed by atoms with Crippen molar-refractivity contribution in [1.82, 2.24) is 0 Å². The molecule has 0 heterocycles. The molecule has 0 N–H and O–H groups in total. The second kappa shape index (κ2) is 5.60. The zero-order valence-corrected chi connectivity index (χ0v) is 10.9. The highest BCUT2D eigenvalue weighted by atomic mass is 79.9. The van der Waals surface area contributed by atoms with Crippen LogP contribution >= 0.6 is 15.9 Å². The molecule has 2 rings (SSSR count). The van der Waals surface area contributed by atoms with Crippen molar-refractivity contribution < 1.29 is 14.3 Å². The van der Waals surface area contributed by atoms with E-state index in [1.807, 2.05) is 0 Å². The predicted molar refractivity (Wildman–Crippen MR) is 70.5 cm³/mol. The number of ether oxygens (including phenoxy) is 1. The standard InChI is InChI=1S/C14H9BrO3/c15-11-8-4-5-9-12(11)18-14(17)13(16)10-6-2-1-3-7-10/h1-9H. The number of carbonyl (C=O) groups excluding carboxylic acids is 2. The Morgan fingerprint density at radius 3 is 2.17 bits per heavy atom. The Bertz CT molecular complexity index is 579. The number of hydrogen-bond acceptors (Lipinski definition) is 3. The summed E-state index contributed by atoms with van der Waals surface area (Å²) in [5, 5.41) is 0. The summed E-state index contributed by atoms with van der Waals surface area (Å²) in [6.07, 6.45) is 0. The van der Waals surface area contributed by atoms with Gasteiger partial charge in [-0.15, -0.1) is 0 Å². The third-order valence-electron chi connectivity index (χ3n) is 2.26. The number of para-hydroxylation sites is 1. The molecule has 0 saturated carbocycles. The van der Waals surface area contributed by atoms with Crippen LogP contribution in [0.3, 0.4) is 0 Å². The van der Waals surface area contributed by atoms with Gasteiger partial charge < -0.3 is 4.74 Å². The van der Waals surface area contributed by atoms with Crippen LogP contribution in [0.25, 0.3) is 0 Å². The largest absolute Gasteiger partial charge is 0.419 e. The first-order valence-electron chi connectivity index (χ1n) is 5.24. The van der Waals surface area contributed by atoms with Gasteiger partial charge in [0.2, 0.25) is 0 Å². The van der Waals surface area contributed by atoms with Crippen LogP contribution in [0.2, 0.25) is 0 Å². The molecular formula is C14H9BrO3. The van der Waals surface area contributed by atoms with Gasteiger partial charge in [0.15, 0.2) is 0 Å². The Morgan fingerprint density at radius 1 is 0.889 bits per heavy atom. The number of halogens is 1. The fourth-order valence-corrected chi connectivity index (χ4v) is 1.75. The van der Waals surface area contributed by atoms with E-state index >= 15 is 0 Å². The average molecular weight is 305 g/mol. The first-order chi connectivity index (χ1) is 8.68. The minimum Gasteiger partial charge on any atom is -0.419 e. The molecule has 0 radical (unpaired) electrons. The molecular weight excluding hydrogens is 296 g/mol. The van der Waals surface area contributed by atoms with E-state index in [9.17, 15) is 9.59 Å². The summed E-state index contributed by atoms with van der Waals surface area (Å²) >= 11 is 3.24. The second-order valence-electron chi connectivity index (χ2n) is 3.52. The van der Waals surface area contributed by atoms with Gasteiger partial charge in [0.1, 0.15) is 5.75 Å². The van der Waals surface area contributed by atoms with Crippen molar-refractivity contribution in [2.45, 2.75) is 0 Å². The maximum atomic E-state index is 11.8. The van der Waals surface area contributed by atoms with Gasteiger partial charge in [0.25, 0.3) is 5.78 Å². The highest BCUT2D eigenvalue weighted by Crippen LogP contribution is 2.24. The minimum absolute atomic E-state index is 0.314. The Balaban J connectivity index is 2.14. The highest BCUT2D eigenvalue weighted by Gasteiger charge is 2.19. The molecule has 0 unspecified atom stereocenters. The molecule has 0 amide bonds. The van der Waals surface area contributed by atoms with Gasteiger partial charge in [-0.3, -0.25) is 4.79 Å². The molecule has 0 aliphatic rings. The molecule has 18 heavy (non-hydrogen) atoms. The van der Waals surface area contributed by atoms with Crippen LogP contribution in [0.5, 0.6) is 5.75 Å². The quantitative estimate of drug-likeness (QED) is 0.378. The van der Waals surface area contributed by atoms with Gasteiger partial charge in [0.05, 0.1) is 4.47 Å². The lowest BCUT2D eigenvalue weighted by Gasteiger charge is -2.05. The van der Waals surface area contributed by atoms with Crippen molar-refractivity contribution in [3.05, 3.63) is 64.6 Å². The van der Waals surface area contributed by atoms with Crippen molar-refractivity contribution in [3.8, 4) is 5.75 Å². The van der Waals surface area contributed by atoms with Crippen molar-refractivity contribution in [2.24, 2.45) is 0 Å². The van der Waals surface area contributed by atoms with Crippen LogP contribution in [0.1, 0.15) is 10.4 Å². The van der Waals surface area contributed by atoms with Crippen molar-refractivity contribution in [3.63, 3.8) is 0 Å². The van der Waals surface area contributed by atoms with Gasteiger partial charge in [-0.2, -0.15) is 0 Å². The van der Waals surface area contributed by atoms with E-state index in [0.29, 0.717) is 15.8 Å². The molecule has 0 spiro atoms. The van der Waals surface area contributed by atoms with Crippen molar-refractivity contribution in [2.75, 3.05) is 0 Å². The molecule has 0 fully saturated rings. The average Bonchev–Trinajstić information content (AvgIpc) is 2.41. The molecule has 0 aliphatic carbocycles. The van der Waals surface area contributed by atoms with E-state index < -0.39 is 11.8 Å². The van der Waals surface area contributed by atoms with E-state index in [0.717, 1.165) is 0 Å². The fraction of sp³-hybridized carbons (Fsp3) is 0. The maximum Gasteiger partial charge on any atom is 0.385 e. The SMILES string of the molecule is O=C(Oc1ccccc1Br)C(=O)c1ccccc1. The van der Waals surface area contributed by atoms with E-state index in [1.165, 1.54) is 0 Å². The highest BCUT2D eigenvalue weighted by molar-refractivity contribution is 9.10. The lowest BCUT2D eigenvalue weighted by molar-refractivity contribution is -0.129. The van der Waals surface area contributed by atoms with E-state index in [1.54, 1.807) is 54.6 Å². The number of carbonyl (C=O) groups is 2.